The van der Waals surface area contributed by atoms with E-state index in [9.17, 15) is 4.79 Å². The van der Waals surface area contributed by atoms with E-state index < -0.39 is 0 Å². The smallest absolute Gasteiger partial charge is 0.182 e. The molecule has 2 aromatic rings. The van der Waals surface area contributed by atoms with Crippen molar-refractivity contribution < 1.29 is 4.79 Å². The van der Waals surface area contributed by atoms with Crippen molar-refractivity contribution in [2.75, 3.05) is 0 Å². The fraction of sp³-hybridized carbons (Fsp3) is 0.286. The summed E-state index contributed by atoms with van der Waals surface area (Å²) in [6, 6.07) is 9.71. The van der Waals surface area contributed by atoms with Crippen LogP contribution in [0.4, 0.5) is 0 Å². The van der Waals surface area contributed by atoms with E-state index >= 15 is 0 Å². The van der Waals surface area contributed by atoms with Gasteiger partial charge in [0.1, 0.15) is 5.69 Å². The monoisotopic (exact) mass is 321 g/mol. The molecule has 5 heteroatoms. The minimum Gasteiger partial charge on any atom is -0.324 e. The lowest BCUT2D eigenvalue weighted by molar-refractivity contribution is 0.0967. The maximum Gasteiger partial charge on any atom is 0.182 e. The fourth-order valence-corrected chi connectivity index (χ4v) is 2.57. The number of nitrogens with two attached hydrogens (primary N) is 1. The summed E-state index contributed by atoms with van der Waals surface area (Å²) in [4.78, 5) is 12.1. The van der Waals surface area contributed by atoms with Crippen molar-refractivity contribution in [2.45, 2.75) is 18.9 Å². The molecule has 4 nitrogen and oxygen atoms in total. The number of Topliss-reactive ketones (excluding diaryl/α,β-unsaturated/α-hetero) is 1. The van der Waals surface area contributed by atoms with Crippen molar-refractivity contribution in [3.8, 4) is 0 Å². The molecule has 0 saturated carbocycles. The van der Waals surface area contributed by atoms with Crippen molar-refractivity contribution in [2.24, 2.45) is 12.8 Å². The van der Waals surface area contributed by atoms with Gasteiger partial charge in [-0.25, -0.2) is 0 Å². The Bertz CT molecular complexity index is 546. The maximum absolute atomic E-state index is 12.1. The van der Waals surface area contributed by atoms with Crippen LogP contribution >= 0.6 is 15.9 Å². The Morgan fingerprint density at radius 2 is 2.11 bits per heavy atom. The number of benzene rings is 1. The number of carbonyl (C=O) groups excluding carboxylic acids is 1. The van der Waals surface area contributed by atoms with Gasteiger partial charge in [0.15, 0.2) is 5.78 Å². The molecule has 0 saturated heterocycles. The number of aryl methyl sites for hydroxylation is 1. The fourth-order valence-electron chi connectivity index (χ4n) is 2.00. The van der Waals surface area contributed by atoms with Crippen molar-refractivity contribution >= 4 is 21.7 Å². The van der Waals surface area contributed by atoms with Gasteiger partial charge in [0.2, 0.25) is 0 Å². The predicted molar refractivity (Wildman–Crippen MR) is 77.8 cm³/mol. The standard InChI is InChI=1S/C14H16BrN3O/c1-18-14(11(15)9-17-18)13(19)8-7-12(16)10-5-3-2-4-6-10/h2-6,9,12H,7-8,16H2,1H3. The zero-order valence-electron chi connectivity index (χ0n) is 10.7. The van der Waals surface area contributed by atoms with E-state index in [1.807, 2.05) is 30.3 Å². The molecule has 0 aliphatic rings. The summed E-state index contributed by atoms with van der Waals surface area (Å²) < 4.78 is 2.31. The molecule has 0 bridgehead atoms. The molecule has 1 atom stereocenters. The van der Waals surface area contributed by atoms with Gasteiger partial charge in [-0.1, -0.05) is 30.3 Å². The first kappa shape index (κ1) is 14.0. The van der Waals surface area contributed by atoms with Crippen LogP contribution in [0, 0.1) is 0 Å². The van der Waals surface area contributed by atoms with Crippen LogP contribution in [0.25, 0.3) is 0 Å². The molecule has 100 valence electrons. The summed E-state index contributed by atoms with van der Waals surface area (Å²) in [6.07, 6.45) is 2.67. The lowest BCUT2D eigenvalue weighted by Gasteiger charge is -2.11. The van der Waals surface area contributed by atoms with Crippen LogP contribution in [0.1, 0.15) is 34.9 Å². The second-order valence-corrected chi connectivity index (χ2v) is 5.30. The topological polar surface area (TPSA) is 60.9 Å². The zero-order chi connectivity index (χ0) is 13.8. The summed E-state index contributed by atoms with van der Waals surface area (Å²) >= 11 is 3.33. The highest BCUT2D eigenvalue weighted by Crippen LogP contribution is 2.20. The lowest BCUT2D eigenvalue weighted by Crippen LogP contribution is -2.14. The Balaban J connectivity index is 1.98. The largest absolute Gasteiger partial charge is 0.324 e. The van der Waals surface area contributed by atoms with Crippen molar-refractivity contribution in [3.05, 3.63) is 52.3 Å². The number of carbonyl (C=O) groups is 1. The molecule has 0 radical (unpaired) electrons. The molecule has 0 amide bonds. The molecule has 1 heterocycles. The minimum atomic E-state index is -0.114. The van der Waals surface area contributed by atoms with Crippen LogP contribution in [0.3, 0.4) is 0 Å². The van der Waals surface area contributed by atoms with Crippen LogP contribution in [0.15, 0.2) is 41.0 Å². The van der Waals surface area contributed by atoms with E-state index in [1.165, 1.54) is 0 Å². The van der Waals surface area contributed by atoms with E-state index in [2.05, 4.69) is 21.0 Å². The van der Waals surface area contributed by atoms with Crippen LogP contribution < -0.4 is 5.73 Å². The number of hydrogen-bond acceptors (Lipinski definition) is 3. The molecular weight excluding hydrogens is 306 g/mol. The lowest BCUT2D eigenvalue weighted by atomic mass is 10.0. The van der Waals surface area contributed by atoms with Gasteiger partial charge < -0.3 is 5.73 Å². The van der Waals surface area contributed by atoms with Crippen molar-refractivity contribution in [3.63, 3.8) is 0 Å². The van der Waals surface area contributed by atoms with Gasteiger partial charge in [0.05, 0.1) is 10.7 Å². The number of hydrogen-bond donors (Lipinski definition) is 1. The van der Waals surface area contributed by atoms with E-state index in [4.69, 9.17) is 5.73 Å². The van der Waals surface area contributed by atoms with Gasteiger partial charge in [-0.3, -0.25) is 9.48 Å². The van der Waals surface area contributed by atoms with Crippen LogP contribution in [-0.2, 0) is 7.05 Å². The molecule has 0 fully saturated rings. The highest BCUT2D eigenvalue weighted by molar-refractivity contribution is 9.10. The van der Waals surface area contributed by atoms with Crippen LogP contribution in [-0.4, -0.2) is 15.6 Å². The Morgan fingerprint density at radius 3 is 2.68 bits per heavy atom. The van der Waals surface area contributed by atoms with E-state index in [-0.39, 0.29) is 11.8 Å². The molecule has 2 rings (SSSR count). The highest BCUT2D eigenvalue weighted by atomic mass is 79.9. The Kier molecular flexibility index (Phi) is 4.50. The first-order chi connectivity index (χ1) is 9.09. The summed E-state index contributed by atoms with van der Waals surface area (Å²) in [5.74, 6) is 0.0539. The average Bonchev–Trinajstić information content (AvgIpc) is 2.76. The number of nitrogens with zero attached hydrogens (tertiary/aromatic N) is 2. The van der Waals surface area contributed by atoms with Gasteiger partial charge in [-0.15, -0.1) is 0 Å². The second kappa shape index (κ2) is 6.12. The average molecular weight is 322 g/mol. The molecule has 1 aromatic heterocycles. The second-order valence-electron chi connectivity index (χ2n) is 4.44. The van der Waals surface area contributed by atoms with E-state index in [1.54, 1.807) is 17.9 Å². The summed E-state index contributed by atoms with van der Waals surface area (Å²) in [7, 11) is 1.76. The van der Waals surface area contributed by atoms with Crippen molar-refractivity contribution in [1.29, 1.82) is 0 Å². The number of ketones is 1. The molecule has 2 N–H and O–H groups in total. The molecule has 1 unspecified atom stereocenters. The van der Waals surface area contributed by atoms with E-state index in [0.717, 1.165) is 10.0 Å². The predicted octanol–water partition coefficient (Wildman–Crippen LogP) is 2.85. The van der Waals surface area contributed by atoms with Gasteiger partial charge in [-0.05, 0) is 27.9 Å². The third-order valence-electron chi connectivity index (χ3n) is 3.07. The maximum atomic E-state index is 12.1. The third-order valence-corrected chi connectivity index (χ3v) is 3.65. The Hall–Kier alpha value is -1.46. The molecule has 0 aliphatic heterocycles. The normalized spacial score (nSPS) is 12.4. The SMILES string of the molecule is Cn1ncc(Br)c1C(=O)CCC(N)c1ccccc1. The van der Waals surface area contributed by atoms with Gasteiger partial charge >= 0.3 is 0 Å². The quantitative estimate of drug-likeness (QED) is 0.861. The van der Waals surface area contributed by atoms with Crippen molar-refractivity contribution in [1.82, 2.24) is 9.78 Å². The highest BCUT2D eigenvalue weighted by Gasteiger charge is 2.16. The third kappa shape index (κ3) is 3.30. The van der Waals surface area contributed by atoms with E-state index in [0.29, 0.717) is 18.5 Å². The Morgan fingerprint density at radius 1 is 1.42 bits per heavy atom. The first-order valence-electron chi connectivity index (χ1n) is 6.11. The summed E-state index contributed by atoms with van der Waals surface area (Å²) in [5.41, 5.74) is 7.74. The summed E-state index contributed by atoms with van der Waals surface area (Å²) in [5, 5.41) is 4.04. The molecule has 0 aliphatic carbocycles. The molecule has 1 aromatic carbocycles. The number of halogens is 1. The first-order valence-corrected chi connectivity index (χ1v) is 6.90. The minimum absolute atomic E-state index is 0.0539. The van der Waals surface area contributed by atoms with Crippen LogP contribution in [0.2, 0.25) is 0 Å². The Labute approximate surface area is 120 Å². The molecular formula is C14H16BrN3O. The summed E-state index contributed by atoms with van der Waals surface area (Å²) in [6.45, 7) is 0. The molecule has 19 heavy (non-hydrogen) atoms. The van der Waals surface area contributed by atoms with Crippen LogP contribution in [0.5, 0.6) is 0 Å². The number of rotatable bonds is 5. The zero-order valence-corrected chi connectivity index (χ0v) is 12.3. The van der Waals surface area contributed by atoms with Gasteiger partial charge in [-0.2, -0.15) is 5.10 Å². The molecule has 0 spiro atoms. The number of aromatic nitrogens is 2. The van der Waals surface area contributed by atoms with Gasteiger partial charge in [0, 0.05) is 19.5 Å². The van der Waals surface area contributed by atoms with Gasteiger partial charge in [0.25, 0.3) is 0 Å².